The number of nitrogens with zero attached hydrogens (tertiary/aromatic N) is 1. The molecule has 27 heavy (non-hydrogen) atoms. The summed E-state index contributed by atoms with van der Waals surface area (Å²) in [5.41, 5.74) is 0.326. The van der Waals surface area contributed by atoms with Crippen molar-refractivity contribution in [3.05, 3.63) is 35.4 Å². The first-order chi connectivity index (χ1) is 12.7. The Morgan fingerprint density at radius 1 is 1.19 bits per heavy atom. The van der Waals surface area contributed by atoms with Gasteiger partial charge in [0.05, 0.1) is 35.9 Å². The lowest BCUT2D eigenvalue weighted by Gasteiger charge is -2.36. The van der Waals surface area contributed by atoms with E-state index in [0.717, 1.165) is 0 Å². The Labute approximate surface area is 159 Å². The molecule has 3 atom stereocenters. The molecular formula is C20H26N2O5. The van der Waals surface area contributed by atoms with E-state index in [0.29, 0.717) is 30.6 Å². The molecule has 2 aliphatic heterocycles. The second-order valence-electron chi connectivity index (χ2n) is 8.06. The summed E-state index contributed by atoms with van der Waals surface area (Å²) >= 11 is 0. The van der Waals surface area contributed by atoms with Gasteiger partial charge in [-0.05, 0) is 52.7 Å². The molecule has 0 spiro atoms. The average molecular weight is 374 g/mol. The maximum Gasteiger partial charge on any atom is 0.407 e. The zero-order valence-corrected chi connectivity index (χ0v) is 16.2. The van der Waals surface area contributed by atoms with Crippen LogP contribution in [-0.4, -0.2) is 53.2 Å². The molecular weight excluding hydrogens is 348 g/mol. The van der Waals surface area contributed by atoms with Crippen LogP contribution in [0, 0.1) is 0 Å². The van der Waals surface area contributed by atoms with Crippen molar-refractivity contribution in [3.63, 3.8) is 0 Å². The summed E-state index contributed by atoms with van der Waals surface area (Å²) < 4.78 is 11.1. The molecule has 1 aromatic rings. The maximum atomic E-state index is 12.6. The molecule has 7 heteroatoms. The number of carbonyl (C=O) groups is 3. The van der Waals surface area contributed by atoms with Crippen molar-refractivity contribution in [2.75, 3.05) is 6.61 Å². The van der Waals surface area contributed by atoms with Crippen molar-refractivity contribution in [2.24, 2.45) is 0 Å². The molecule has 1 N–H and O–H groups in total. The standard InChI is InChI=1S/C20H26N2O5/c1-12(22-17(23)14-7-5-6-8-15(14)18(22)24)16-10-9-13(11-26-16)21-19(25)27-20(2,3)4/h5-8,12-13,16H,9-11H2,1-4H3,(H,21,25)/t12?,13-,16+/m1/s1. The van der Waals surface area contributed by atoms with Crippen molar-refractivity contribution in [1.29, 1.82) is 0 Å². The molecule has 7 nitrogen and oxygen atoms in total. The predicted molar refractivity (Wildman–Crippen MR) is 98.5 cm³/mol. The molecule has 1 fully saturated rings. The molecule has 146 valence electrons. The molecule has 3 rings (SSSR count). The van der Waals surface area contributed by atoms with Crippen LogP contribution in [0.1, 0.15) is 61.3 Å². The number of benzene rings is 1. The van der Waals surface area contributed by atoms with Gasteiger partial charge < -0.3 is 14.8 Å². The minimum Gasteiger partial charge on any atom is -0.444 e. The van der Waals surface area contributed by atoms with Gasteiger partial charge in [-0.2, -0.15) is 0 Å². The van der Waals surface area contributed by atoms with Crippen molar-refractivity contribution in [3.8, 4) is 0 Å². The summed E-state index contributed by atoms with van der Waals surface area (Å²) in [6, 6.07) is 6.32. The van der Waals surface area contributed by atoms with Gasteiger partial charge in [0.25, 0.3) is 11.8 Å². The lowest BCUT2D eigenvalue weighted by molar-refractivity contribution is -0.0397. The third kappa shape index (κ3) is 4.13. The second kappa shape index (κ2) is 7.31. The molecule has 1 saturated heterocycles. The van der Waals surface area contributed by atoms with E-state index in [9.17, 15) is 14.4 Å². The smallest absolute Gasteiger partial charge is 0.407 e. The Hall–Kier alpha value is -2.41. The van der Waals surface area contributed by atoms with Crippen molar-refractivity contribution >= 4 is 17.9 Å². The fourth-order valence-corrected chi connectivity index (χ4v) is 3.48. The Balaban J connectivity index is 1.57. The minimum atomic E-state index is -0.553. The molecule has 0 bridgehead atoms. The van der Waals surface area contributed by atoms with Crippen LogP contribution in [0.3, 0.4) is 0 Å². The van der Waals surface area contributed by atoms with E-state index in [1.807, 2.05) is 27.7 Å². The number of amides is 3. The second-order valence-corrected chi connectivity index (χ2v) is 8.06. The lowest BCUT2D eigenvalue weighted by atomic mass is 9.99. The molecule has 0 radical (unpaired) electrons. The molecule has 1 unspecified atom stereocenters. The van der Waals surface area contributed by atoms with E-state index in [4.69, 9.17) is 9.47 Å². The lowest BCUT2D eigenvalue weighted by Crippen LogP contribution is -2.51. The number of carbonyl (C=O) groups excluding carboxylic acids is 3. The van der Waals surface area contributed by atoms with Gasteiger partial charge in [0.2, 0.25) is 0 Å². The van der Waals surface area contributed by atoms with Crippen LogP contribution >= 0.6 is 0 Å². The molecule has 0 aromatic heterocycles. The molecule has 2 aliphatic rings. The SMILES string of the molecule is CC([C@@H]1CC[C@@H](NC(=O)OC(C)(C)C)CO1)N1C(=O)c2ccccc2C1=O. The summed E-state index contributed by atoms with van der Waals surface area (Å²) in [7, 11) is 0. The zero-order valence-electron chi connectivity index (χ0n) is 16.2. The third-order valence-corrected chi connectivity index (χ3v) is 4.80. The average Bonchev–Trinajstić information content (AvgIpc) is 2.85. The van der Waals surface area contributed by atoms with Gasteiger partial charge in [-0.25, -0.2) is 4.79 Å². The summed E-state index contributed by atoms with van der Waals surface area (Å²) in [6.07, 6.45) is 0.596. The van der Waals surface area contributed by atoms with E-state index in [2.05, 4.69) is 5.32 Å². The summed E-state index contributed by atoms with van der Waals surface area (Å²) in [6.45, 7) is 7.57. The highest BCUT2D eigenvalue weighted by Gasteiger charge is 2.42. The van der Waals surface area contributed by atoms with Crippen LogP contribution in [0.25, 0.3) is 0 Å². The summed E-state index contributed by atoms with van der Waals surface area (Å²) in [4.78, 5) is 38.4. The first kappa shape index (κ1) is 19.4. The van der Waals surface area contributed by atoms with Gasteiger partial charge >= 0.3 is 6.09 Å². The Kier molecular flexibility index (Phi) is 5.24. The van der Waals surface area contributed by atoms with Crippen molar-refractivity contribution in [1.82, 2.24) is 10.2 Å². The Morgan fingerprint density at radius 2 is 1.78 bits per heavy atom. The van der Waals surface area contributed by atoms with Crippen LogP contribution in [0.15, 0.2) is 24.3 Å². The van der Waals surface area contributed by atoms with Crippen molar-refractivity contribution < 1.29 is 23.9 Å². The molecule has 0 aliphatic carbocycles. The van der Waals surface area contributed by atoms with Gasteiger partial charge in [-0.3, -0.25) is 14.5 Å². The highest BCUT2D eigenvalue weighted by molar-refractivity contribution is 6.21. The molecule has 2 heterocycles. The van der Waals surface area contributed by atoms with Crippen LogP contribution in [-0.2, 0) is 9.47 Å². The van der Waals surface area contributed by atoms with E-state index in [-0.39, 0.29) is 30.0 Å². The van der Waals surface area contributed by atoms with Crippen LogP contribution in [0.2, 0.25) is 0 Å². The number of ether oxygens (including phenoxy) is 2. The molecule has 3 amide bonds. The third-order valence-electron chi connectivity index (χ3n) is 4.80. The number of hydrogen-bond donors (Lipinski definition) is 1. The quantitative estimate of drug-likeness (QED) is 0.823. The number of fused-ring (bicyclic) bond motifs is 1. The number of hydrogen-bond acceptors (Lipinski definition) is 5. The predicted octanol–water partition coefficient (Wildman–Crippen LogP) is 2.74. The fraction of sp³-hybridized carbons (Fsp3) is 0.550. The van der Waals surface area contributed by atoms with Gasteiger partial charge in [0.15, 0.2) is 0 Å². The normalized spacial score (nSPS) is 23.8. The summed E-state index contributed by atoms with van der Waals surface area (Å²) in [5, 5.41) is 2.80. The highest BCUT2D eigenvalue weighted by atomic mass is 16.6. The largest absolute Gasteiger partial charge is 0.444 e. The summed E-state index contributed by atoms with van der Waals surface area (Å²) in [5.74, 6) is -0.554. The van der Waals surface area contributed by atoms with E-state index in [1.54, 1.807) is 24.3 Å². The van der Waals surface area contributed by atoms with Crippen molar-refractivity contribution in [2.45, 2.75) is 64.3 Å². The monoisotopic (exact) mass is 374 g/mol. The maximum absolute atomic E-state index is 12.6. The number of imide groups is 1. The zero-order chi connectivity index (χ0) is 19.8. The molecule has 1 aromatic carbocycles. The number of alkyl carbamates (subject to hydrolysis) is 1. The van der Waals surface area contributed by atoms with Gasteiger partial charge in [0, 0.05) is 0 Å². The van der Waals surface area contributed by atoms with E-state index >= 15 is 0 Å². The first-order valence-corrected chi connectivity index (χ1v) is 9.25. The first-order valence-electron chi connectivity index (χ1n) is 9.25. The highest BCUT2D eigenvalue weighted by Crippen LogP contribution is 2.28. The van der Waals surface area contributed by atoms with Gasteiger partial charge in [0.1, 0.15) is 5.60 Å². The minimum absolute atomic E-state index is 0.148. The van der Waals surface area contributed by atoms with Gasteiger partial charge in [-0.1, -0.05) is 12.1 Å². The van der Waals surface area contributed by atoms with Crippen LogP contribution in [0.5, 0.6) is 0 Å². The van der Waals surface area contributed by atoms with E-state index < -0.39 is 11.7 Å². The van der Waals surface area contributed by atoms with Crippen LogP contribution in [0.4, 0.5) is 4.79 Å². The topological polar surface area (TPSA) is 84.9 Å². The Morgan fingerprint density at radius 3 is 2.26 bits per heavy atom. The molecule has 0 saturated carbocycles. The van der Waals surface area contributed by atoms with Gasteiger partial charge in [-0.15, -0.1) is 0 Å². The number of rotatable bonds is 3. The van der Waals surface area contributed by atoms with E-state index in [1.165, 1.54) is 4.90 Å². The fourth-order valence-electron chi connectivity index (χ4n) is 3.48. The number of nitrogens with one attached hydrogen (secondary N) is 1. The Bertz CT molecular complexity index is 712. The van der Waals surface area contributed by atoms with Crippen LogP contribution < -0.4 is 5.32 Å².